The molecule has 0 spiro atoms. The van der Waals surface area contributed by atoms with Gasteiger partial charge in [0.15, 0.2) is 0 Å². The number of amides is 1. The van der Waals surface area contributed by atoms with E-state index in [1.807, 2.05) is 0 Å². The second-order valence-corrected chi connectivity index (χ2v) is 12.0. The zero-order valence-corrected chi connectivity index (χ0v) is 22.4. The van der Waals surface area contributed by atoms with E-state index in [1.54, 1.807) is 0 Å². The molecule has 4 rings (SSSR count). The first-order valence-corrected chi connectivity index (χ1v) is 14.8. The lowest BCUT2D eigenvalue weighted by molar-refractivity contribution is -0.151. The minimum Gasteiger partial charge on any atom is -0.481 e. The number of carboxylic acid groups (broad SMARTS) is 2. The van der Waals surface area contributed by atoms with Gasteiger partial charge in [0.05, 0.1) is 42.7 Å². The summed E-state index contributed by atoms with van der Waals surface area (Å²) in [5.74, 6) is -3.49. The van der Waals surface area contributed by atoms with Crippen molar-refractivity contribution in [2.45, 2.75) is 127 Å². The van der Waals surface area contributed by atoms with Crippen molar-refractivity contribution in [1.82, 2.24) is 10.8 Å². The molecule has 0 aliphatic heterocycles. The smallest absolute Gasteiger partial charge is 0.307 e. The van der Waals surface area contributed by atoms with E-state index >= 15 is 0 Å². The second-order valence-electron chi connectivity index (χ2n) is 12.0. The summed E-state index contributed by atoms with van der Waals surface area (Å²) < 4.78 is 6.40. The van der Waals surface area contributed by atoms with Gasteiger partial charge in [-0.1, -0.05) is 12.8 Å². The van der Waals surface area contributed by atoms with Gasteiger partial charge in [0.1, 0.15) is 0 Å². The van der Waals surface area contributed by atoms with E-state index in [9.17, 15) is 29.7 Å². The maximum atomic E-state index is 12.8. The highest BCUT2D eigenvalue weighted by Crippen LogP contribution is 2.33. The Balaban J connectivity index is 1.10. The van der Waals surface area contributed by atoms with E-state index in [4.69, 9.17) is 9.57 Å². The molecule has 0 heterocycles. The molecule has 4 fully saturated rings. The van der Waals surface area contributed by atoms with Gasteiger partial charge in [0, 0.05) is 12.1 Å². The molecule has 5 unspecified atom stereocenters. The molecule has 5 N–H and O–H groups in total. The molecule has 10 nitrogen and oxygen atoms in total. The lowest BCUT2D eigenvalue weighted by atomic mass is 9.77. The Morgan fingerprint density at radius 2 is 1.29 bits per heavy atom. The number of hydrogen-bond donors (Lipinski definition) is 5. The van der Waals surface area contributed by atoms with E-state index in [0.717, 1.165) is 77.0 Å². The van der Waals surface area contributed by atoms with Crippen molar-refractivity contribution in [2.75, 3.05) is 6.61 Å². The molecule has 0 aromatic heterocycles. The fourth-order valence-electron chi connectivity index (χ4n) is 6.98. The van der Waals surface area contributed by atoms with Gasteiger partial charge in [-0.2, -0.15) is 5.48 Å². The van der Waals surface area contributed by atoms with Gasteiger partial charge in [-0.05, 0) is 89.4 Å². The molecule has 4 aliphatic carbocycles. The summed E-state index contributed by atoms with van der Waals surface area (Å²) in [6.45, 7) is 0.451. The van der Waals surface area contributed by atoms with Crippen LogP contribution < -0.4 is 10.8 Å². The van der Waals surface area contributed by atoms with Crippen LogP contribution in [-0.4, -0.2) is 70.2 Å². The number of carboxylic acids is 2. The third-order valence-electron chi connectivity index (χ3n) is 9.33. The molecule has 0 saturated heterocycles. The summed E-state index contributed by atoms with van der Waals surface area (Å²) in [4.78, 5) is 41.6. The maximum absolute atomic E-state index is 12.8. The number of carbonyl (C=O) groups is 3. The molecule has 216 valence electrons. The maximum Gasteiger partial charge on any atom is 0.307 e. The number of aliphatic carboxylic acids is 2. The molecular formula is C28H46N2O8. The normalized spacial score (nSPS) is 38.3. The molecule has 10 heteroatoms. The number of hydrogen-bond acceptors (Lipinski definition) is 7. The van der Waals surface area contributed by atoms with Crippen molar-refractivity contribution in [1.29, 1.82) is 0 Å². The van der Waals surface area contributed by atoms with Gasteiger partial charge in [0.25, 0.3) is 0 Å². The lowest BCUT2D eigenvalue weighted by Crippen LogP contribution is -2.47. The second kappa shape index (κ2) is 14.1. The van der Waals surface area contributed by atoms with Crippen LogP contribution >= 0.6 is 0 Å². The van der Waals surface area contributed by atoms with Crippen molar-refractivity contribution in [3.8, 4) is 0 Å². The van der Waals surface area contributed by atoms with E-state index in [1.165, 1.54) is 0 Å². The highest BCUT2D eigenvalue weighted by molar-refractivity contribution is 5.85. The first-order valence-electron chi connectivity index (χ1n) is 14.8. The van der Waals surface area contributed by atoms with Gasteiger partial charge >= 0.3 is 11.9 Å². The fraction of sp³-hybridized carbons (Fsp3) is 0.893. The first-order chi connectivity index (χ1) is 18.3. The zero-order valence-electron chi connectivity index (χ0n) is 22.4. The summed E-state index contributed by atoms with van der Waals surface area (Å²) in [5, 5.41) is 31.8. The van der Waals surface area contributed by atoms with E-state index in [-0.39, 0.29) is 48.5 Å². The summed E-state index contributed by atoms with van der Waals surface area (Å²) in [5.41, 5.74) is 3.18. The zero-order chi connectivity index (χ0) is 27.1. The fourth-order valence-corrected chi connectivity index (χ4v) is 6.98. The molecule has 0 aromatic rings. The third-order valence-corrected chi connectivity index (χ3v) is 9.33. The van der Waals surface area contributed by atoms with Crippen molar-refractivity contribution in [2.24, 2.45) is 23.7 Å². The van der Waals surface area contributed by atoms with Crippen LogP contribution in [0.1, 0.15) is 96.3 Å². The van der Waals surface area contributed by atoms with Gasteiger partial charge < -0.3 is 30.2 Å². The third kappa shape index (κ3) is 8.13. The summed E-state index contributed by atoms with van der Waals surface area (Å²) in [6.07, 6.45) is 11.8. The number of rotatable bonds is 10. The average Bonchev–Trinajstić information content (AvgIpc) is 2.91. The Kier molecular flexibility index (Phi) is 10.8. The summed E-state index contributed by atoms with van der Waals surface area (Å²) in [6, 6.07) is 0.314. The predicted octanol–water partition coefficient (Wildman–Crippen LogP) is 3.02. The van der Waals surface area contributed by atoms with Crippen LogP contribution in [0.25, 0.3) is 0 Å². The Bertz CT molecular complexity index is 794. The largest absolute Gasteiger partial charge is 0.481 e. The van der Waals surface area contributed by atoms with Crippen molar-refractivity contribution < 1.29 is 39.3 Å². The lowest BCUT2D eigenvalue weighted by Gasteiger charge is -2.36. The quantitative estimate of drug-likeness (QED) is 0.264. The number of aliphatic hydroxyl groups excluding tert-OH is 1. The molecule has 0 radical (unpaired) electrons. The topological polar surface area (TPSA) is 154 Å². The van der Waals surface area contributed by atoms with E-state index in [0.29, 0.717) is 19.4 Å². The first kappa shape index (κ1) is 29.2. The minimum absolute atomic E-state index is 0.0469. The number of nitrogens with one attached hydrogen (secondary N) is 2. The highest BCUT2D eigenvalue weighted by atomic mass is 16.6. The number of carbonyl (C=O) groups excluding carboxylic acids is 1. The Labute approximate surface area is 225 Å². The van der Waals surface area contributed by atoms with Gasteiger partial charge in [-0.3, -0.25) is 14.4 Å². The average molecular weight is 539 g/mol. The highest BCUT2D eigenvalue weighted by Gasteiger charge is 2.40. The van der Waals surface area contributed by atoms with Crippen LogP contribution in [0.15, 0.2) is 0 Å². The molecule has 38 heavy (non-hydrogen) atoms. The van der Waals surface area contributed by atoms with Crippen molar-refractivity contribution in [3.63, 3.8) is 0 Å². The summed E-state index contributed by atoms with van der Waals surface area (Å²) >= 11 is 0. The van der Waals surface area contributed by atoms with Crippen LogP contribution in [-0.2, 0) is 24.0 Å². The van der Waals surface area contributed by atoms with Crippen molar-refractivity contribution >= 4 is 17.8 Å². The van der Waals surface area contributed by atoms with Gasteiger partial charge in [0.2, 0.25) is 5.91 Å². The van der Waals surface area contributed by atoms with Crippen LogP contribution in [0.5, 0.6) is 0 Å². The van der Waals surface area contributed by atoms with Crippen LogP contribution in [0.2, 0.25) is 0 Å². The Morgan fingerprint density at radius 1 is 0.684 bits per heavy atom. The van der Waals surface area contributed by atoms with Crippen LogP contribution in [0.3, 0.4) is 0 Å². The van der Waals surface area contributed by atoms with Crippen LogP contribution in [0, 0.1) is 23.7 Å². The molecule has 4 aliphatic rings. The van der Waals surface area contributed by atoms with Crippen LogP contribution in [0.4, 0.5) is 0 Å². The number of hydroxylamine groups is 1. The monoisotopic (exact) mass is 538 g/mol. The van der Waals surface area contributed by atoms with E-state index in [2.05, 4.69) is 10.8 Å². The molecule has 4 saturated carbocycles. The SMILES string of the molecule is O=C(O)C1CCCCC1CONC1CCC(OC2CCC(NC(=O)C3CCC(O)CC3C(=O)O)CC2)CC1. The van der Waals surface area contributed by atoms with Gasteiger partial charge in [-0.25, -0.2) is 0 Å². The van der Waals surface area contributed by atoms with Crippen molar-refractivity contribution in [3.05, 3.63) is 0 Å². The molecule has 0 aromatic carbocycles. The molecule has 5 atom stereocenters. The Morgan fingerprint density at radius 3 is 1.92 bits per heavy atom. The minimum atomic E-state index is -1.01. The molecule has 1 amide bonds. The number of aliphatic hydroxyl groups is 1. The molecule has 0 bridgehead atoms. The molecular weight excluding hydrogens is 492 g/mol. The Hall–Kier alpha value is -1.75. The van der Waals surface area contributed by atoms with Gasteiger partial charge in [-0.15, -0.1) is 0 Å². The standard InChI is InChI=1S/C28H46N2O8/c31-20-9-14-24(25(15-20)28(35)36)26(32)29-18-5-10-21(11-6-18)38-22-12-7-19(8-13-22)30-37-16-17-3-1-2-4-23(17)27(33)34/h17-25,30-31H,1-16H2,(H,29,32)(H,33,34)(H,35,36). The van der Waals surface area contributed by atoms with E-state index < -0.39 is 29.9 Å². The summed E-state index contributed by atoms with van der Waals surface area (Å²) in [7, 11) is 0. The predicted molar refractivity (Wildman–Crippen MR) is 138 cm³/mol. The number of ether oxygens (including phenoxy) is 1.